The number of nitrogens with zero attached hydrogens (tertiary/aromatic N) is 1. The van der Waals surface area contributed by atoms with Crippen LogP contribution < -0.4 is 10.2 Å². The van der Waals surface area contributed by atoms with Gasteiger partial charge in [-0.3, -0.25) is 14.2 Å². The van der Waals surface area contributed by atoms with Gasteiger partial charge in [0.15, 0.2) is 0 Å². The predicted molar refractivity (Wildman–Crippen MR) is 371 cm³/mol. The topological polar surface area (TPSA) is 114 Å². The van der Waals surface area contributed by atoms with Gasteiger partial charge in [-0.2, -0.15) is 0 Å². The Morgan fingerprint density at radius 1 is 0.419 bits per heavy atom. The van der Waals surface area contributed by atoms with Crippen LogP contribution in [0.1, 0.15) is 323 Å². The summed E-state index contributed by atoms with van der Waals surface area (Å²) in [6.07, 6.45) is 88.3. The minimum atomic E-state index is -4.72. The van der Waals surface area contributed by atoms with E-state index in [0.717, 1.165) is 89.9 Å². The van der Waals surface area contributed by atoms with Crippen molar-refractivity contribution in [3.05, 3.63) is 97.2 Å². The maximum absolute atomic E-state index is 13.6. The summed E-state index contributed by atoms with van der Waals surface area (Å²) in [5, 5.41) is 3.02. The van der Waals surface area contributed by atoms with Gasteiger partial charge in [-0.25, -0.2) is 0 Å². The highest BCUT2D eigenvalue weighted by molar-refractivity contribution is 7.45. The number of phosphoric ester groups is 1. The van der Waals surface area contributed by atoms with Crippen LogP contribution in [0.5, 0.6) is 0 Å². The van der Waals surface area contributed by atoms with E-state index in [1.807, 2.05) is 33.3 Å². The Kier molecular flexibility index (Phi) is 62.6. The van der Waals surface area contributed by atoms with Gasteiger partial charge >= 0.3 is 5.97 Å². The number of amides is 1. The molecule has 0 saturated carbocycles. The number of quaternary nitrogens is 1. The fraction of sp³-hybridized carbons (Fsp3) is 0.763. The first-order valence-electron chi connectivity index (χ1n) is 36.0. The number of ether oxygens (including phenoxy) is 1. The number of carbonyl (C=O) groups excluding carboxylic acids is 2. The van der Waals surface area contributed by atoms with E-state index in [4.69, 9.17) is 13.8 Å². The third-order valence-corrected chi connectivity index (χ3v) is 16.7. The number of esters is 1. The average Bonchev–Trinajstić information content (AvgIpc) is 3.66. The lowest BCUT2D eigenvalue weighted by molar-refractivity contribution is -0.870. The molecule has 0 saturated heterocycles. The molecule has 0 radical (unpaired) electrons. The van der Waals surface area contributed by atoms with Crippen LogP contribution >= 0.6 is 7.82 Å². The Balaban J connectivity index is 5.08. The van der Waals surface area contributed by atoms with Crippen LogP contribution in [-0.2, 0) is 27.9 Å². The lowest BCUT2D eigenvalue weighted by atomic mass is 10.0. The molecule has 0 aliphatic carbocycles. The second kappa shape index (κ2) is 64.9. The van der Waals surface area contributed by atoms with Crippen molar-refractivity contribution in [2.45, 2.75) is 335 Å². The maximum Gasteiger partial charge on any atom is 0.306 e. The van der Waals surface area contributed by atoms with Gasteiger partial charge in [0.2, 0.25) is 5.91 Å². The number of rotatable bonds is 65. The first-order valence-corrected chi connectivity index (χ1v) is 37.5. The summed E-state index contributed by atoms with van der Waals surface area (Å²) < 4.78 is 30.4. The van der Waals surface area contributed by atoms with Crippen molar-refractivity contribution >= 4 is 19.7 Å². The molecule has 0 rings (SSSR count). The second-order valence-electron chi connectivity index (χ2n) is 25.4. The monoisotopic (exact) mass is 1220 g/mol. The number of unbranched alkanes of at least 4 members (excludes halogenated alkanes) is 35. The molecule has 3 atom stereocenters. The number of likely N-dealkylation sites (N-methyl/N-ethyl adjacent to an activating group) is 1. The Morgan fingerprint density at radius 3 is 1.14 bits per heavy atom. The van der Waals surface area contributed by atoms with Crippen LogP contribution in [-0.4, -0.2) is 69.4 Å². The number of allylic oxidation sites excluding steroid dienone is 15. The van der Waals surface area contributed by atoms with Crippen molar-refractivity contribution in [3.8, 4) is 0 Å². The first kappa shape index (κ1) is 82.9. The first-order chi connectivity index (χ1) is 41.9. The predicted octanol–water partition coefficient (Wildman–Crippen LogP) is 22.4. The molecule has 0 aliphatic rings. The minimum absolute atomic E-state index is 0.0340. The molecule has 498 valence electrons. The summed E-state index contributed by atoms with van der Waals surface area (Å²) in [4.78, 5) is 40.2. The van der Waals surface area contributed by atoms with Crippen LogP contribution in [0.15, 0.2) is 97.2 Å². The van der Waals surface area contributed by atoms with Crippen molar-refractivity contribution in [2.75, 3.05) is 40.9 Å². The van der Waals surface area contributed by atoms with Crippen molar-refractivity contribution in [3.63, 3.8) is 0 Å². The summed E-state index contributed by atoms with van der Waals surface area (Å²) >= 11 is 0. The SMILES string of the molecule is CC/C=C\C/C=C\C/C=C\C/C=C\C/C=C\C/C=C\CCCCC(=O)NC(COP(=O)([O-])OCC[N+](C)(C)C)C(/C=C\CCCCCCCCCCCC)OC(=O)CCCCCCCCCCCCCCCCCCC/C=C/CCCCCCCC. The van der Waals surface area contributed by atoms with Gasteiger partial charge in [0.25, 0.3) is 7.82 Å². The van der Waals surface area contributed by atoms with Crippen LogP contribution in [0.4, 0.5) is 0 Å². The van der Waals surface area contributed by atoms with Gasteiger partial charge in [-0.1, -0.05) is 298 Å². The third kappa shape index (κ3) is 65.4. The van der Waals surface area contributed by atoms with Crippen LogP contribution in [0, 0.1) is 0 Å². The molecule has 1 N–H and O–H groups in total. The summed E-state index contributed by atoms with van der Waals surface area (Å²) in [7, 11) is 1.15. The number of nitrogens with one attached hydrogen (secondary N) is 1. The maximum atomic E-state index is 13.6. The highest BCUT2D eigenvalue weighted by Crippen LogP contribution is 2.38. The molecule has 3 unspecified atom stereocenters. The molecular formula is C76H137N2O7P. The number of carbonyl (C=O) groups is 2. The zero-order chi connectivity index (χ0) is 62.8. The van der Waals surface area contributed by atoms with Crippen LogP contribution in [0.2, 0.25) is 0 Å². The second-order valence-corrected chi connectivity index (χ2v) is 26.8. The fourth-order valence-electron chi connectivity index (χ4n) is 10.2. The van der Waals surface area contributed by atoms with E-state index >= 15 is 0 Å². The summed E-state index contributed by atoms with van der Waals surface area (Å²) in [5.41, 5.74) is 0. The van der Waals surface area contributed by atoms with Gasteiger partial charge in [-0.05, 0) is 109 Å². The van der Waals surface area contributed by atoms with Gasteiger partial charge in [0, 0.05) is 12.8 Å². The molecule has 0 aromatic rings. The summed E-state index contributed by atoms with van der Waals surface area (Å²) in [5.74, 6) is -0.586. The number of hydrogen-bond donors (Lipinski definition) is 1. The third-order valence-electron chi connectivity index (χ3n) is 15.7. The normalized spacial score (nSPS) is 14.1. The van der Waals surface area contributed by atoms with E-state index in [1.54, 1.807) is 0 Å². The zero-order valence-electron chi connectivity index (χ0n) is 57.0. The lowest BCUT2D eigenvalue weighted by Gasteiger charge is -2.30. The standard InChI is InChI=1S/C76H137N2O7P/c1-7-10-13-16-19-22-25-28-30-32-34-36-37-38-39-40-41-43-45-47-49-51-54-57-60-63-66-69-76(80)85-74(67-64-61-58-55-52-27-24-21-18-15-12-9-3)73(72-84-86(81,82)83-71-70-78(4,5)6)77-75(79)68-65-62-59-56-53-50-48-46-44-42-35-33-31-29-26-23-20-17-14-11-8-2/h11,14,20,23,28-31,35,42,46,48,53,56,64,67,73-74H,7-10,12-13,15-19,21-22,24-27,32-34,36-41,43-45,47,49-52,54-55,57-63,65-66,68-72H2,1-6H3,(H-,77,79,81,82)/b14-11-,23-20-,30-28+,31-29-,42-35-,48-46-,56-53-,67-64-. The largest absolute Gasteiger partial charge is 0.756 e. The quantitative estimate of drug-likeness (QED) is 0.0212. The minimum Gasteiger partial charge on any atom is -0.756 e. The molecule has 0 fully saturated rings. The summed E-state index contributed by atoms with van der Waals surface area (Å²) in [6, 6.07) is -0.917. The van der Waals surface area contributed by atoms with Crippen molar-refractivity contribution < 1.29 is 37.3 Å². The van der Waals surface area contributed by atoms with Crippen molar-refractivity contribution in [2.24, 2.45) is 0 Å². The Bertz CT molecular complexity index is 1790. The molecular weight excluding hydrogens is 1080 g/mol. The molecule has 0 aromatic carbocycles. The molecule has 0 bridgehead atoms. The van der Waals surface area contributed by atoms with E-state index in [2.05, 4.69) is 111 Å². The van der Waals surface area contributed by atoms with Gasteiger partial charge in [-0.15, -0.1) is 0 Å². The van der Waals surface area contributed by atoms with E-state index in [1.165, 1.54) is 193 Å². The lowest BCUT2D eigenvalue weighted by Crippen LogP contribution is -2.47. The molecule has 0 aromatic heterocycles. The molecule has 0 spiro atoms. The Labute approximate surface area is 532 Å². The smallest absolute Gasteiger partial charge is 0.306 e. The van der Waals surface area contributed by atoms with E-state index in [0.29, 0.717) is 17.4 Å². The average molecular weight is 1220 g/mol. The highest BCUT2D eigenvalue weighted by atomic mass is 31.2. The summed E-state index contributed by atoms with van der Waals surface area (Å²) in [6.45, 7) is 6.71. The van der Waals surface area contributed by atoms with Crippen molar-refractivity contribution in [1.29, 1.82) is 0 Å². The molecule has 86 heavy (non-hydrogen) atoms. The number of hydrogen-bond acceptors (Lipinski definition) is 7. The van der Waals surface area contributed by atoms with Gasteiger partial charge in [0.05, 0.1) is 33.8 Å². The molecule has 9 nitrogen and oxygen atoms in total. The fourth-order valence-corrected chi connectivity index (χ4v) is 11.0. The van der Waals surface area contributed by atoms with E-state index in [9.17, 15) is 19.0 Å². The Morgan fingerprint density at radius 2 is 0.744 bits per heavy atom. The van der Waals surface area contributed by atoms with Crippen molar-refractivity contribution in [1.82, 2.24) is 5.32 Å². The highest BCUT2D eigenvalue weighted by Gasteiger charge is 2.27. The zero-order valence-corrected chi connectivity index (χ0v) is 57.9. The number of phosphoric acid groups is 1. The van der Waals surface area contributed by atoms with Gasteiger partial charge in [0.1, 0.15) is 19.3 Å². The molecule has 0 heterocycles. The van der Waals surface area contributed by atoms with Crippen LogP contribution in [0.25, 0.3) is 0 Å². The molecule has 10 heteroatoms. The van der Waals surface area contributed by atoms with E-state index < -0.39 is 26.6 Å². The molecule has 0 aliphatic heterocycles. The van der Waals surface area contributed by atoms with Gasteiger partial charge < -0.3 is 28.5 Å². The molecule has 1 amide bonds. The van der Waals surface area contributed by atoms with Crippen LogP contribution in [0.3, 0.4) is 0 Å². The van der Waals surface area contributed by atoms with E-state index in [-0.39, 0.29) is 31.3 Å². The Hall–Kier alpha value is -3.07.